The lowest BCUT2D eigenvalue weighted by molar-refractivity contribution is 0.104. The number of hydrogen-bond acceptors (Lipinski definition) is 8. The zero-order valence-electron chi connectivity index (χ0n) is 20.2. The number of aliphatic hydroxyl groups excluding tert-OH is 1. The summed E-state index contributed by atoms with van der Waals surface area (Å²) in [6.07, 6.45) is 3.54. The number of anilines is 1. The van der Waals surface area contributed by atoms with E-state index < -0.39 is 11.5 Å². The number of aromatic nitrogens is 2. The summed E-state index contributed by atoms with van der Waals surface area (Å²) >= 11 is 7.92. The first-order valence-corrected chi connectivity index (χ1v) is 12.8. The van der Waals surface area contributed by atoms with Crippen LogP contribution in [0.25, 0.3) is 0 Å². The molecule has 3 aromatic rings. The number of aliphatic hydroxyl groups is 1. The summed E-state index contributed by atoms with van der Waals surface area (Å²) in [5.74, 6) is 1.56. The SMILES string of the molecule is CCC(O)COc1c(Cl)cc(C(C)(C)c2ccc(OCc3ccnc(NSC)n3)cc2)cc1C#N. The molecule has 0 saturated carbocycles. The van der Waals surface area contributed by atoms with Gasteiger partial charge in [-0.2, -0.15) is 5.26 Å². The van der Waals surface area contributed by atoms with E-state index in [0.717, 1.165) is 22.6 Å². The van der Waals surface area contributed by atoms with E-state index in [4.69, 9.17) is 21.1 Å². The van der Waals surface area contributed by atoms with Gasteiger partial charge in [0.25, 0.3) is 0 Å². The summed E-state index contributed by atoms with van der Waals surface area (Å²) in [6, 6.07) is 15.4. The molecule has 0 spiro atoms. The van der Waals surface area contributed by atoms with Crippen molar-refractivity contribution in [2.75, 3.05) is 17.6 Å². The van der Waals surface area contributed by atoms with Crippen molar-refractivity contribution in [2.24, 2.45) is 0 Å². The van der Waals surface area contributed by atoms with Crippen LogP contribution >= 0.6 is 23.5 Å². The molecule has 0 fully saturated rings. The maximum atomic E-state index is 9.79. The third-order valence-electron chi connectivity index (χ3n) is 5.65. The standard InChI is InChI=1S/C26H29ClN4O3S/c1-5-21(32)16-34-24-17(14-28)12-19(13-23(24)27)26(2,3)18-6-8-22(9-7-18)33-15-20-10-11-29-25(30-20)31-35-4/h6-13,21,32H,5,15-16H2,1-4H3,(H,29,30,31). The van der Waals surface area contributed by atoms with Crippen molar-refractivity contribution in [1.82, 2.24) is 9.97 Å². The molecule has 0 aliphatic carbocycles. The zero-order chi connectivity index (χ0) is 25.4. The number of nitrogens with zero attached hydrogens (tertiary/aromatic N) is 3. The van der Waals surface area contributed by atoms with Crippen LogP contribution in [0, 0.1) is 11.3 Å². The molecule has 0 bridgehead atoms. The molecule has 1 aromatic heterocycles. The predicted molar refractivity (Wildman–Crippen MR) is 140 cm³/mol. The van der Waals surface area contributed by atoms with Crippen LogP contribution in [0.3, 0.4) is 0 Å². The number of halogens is 1. The van der Waals surface area contributed by atoms with Crippen LogP contribution in [-0.2, 0) is 12.0 Å². The Bertz CT molecular complexity index is 1180. The van der Waals surface area contributed by atoms with Crippen LogP contribution in [0.5, 0.6) is 11.5 Å². The van der Waals surface area contributed by atoms with Gasteiger partial charge in [-0.05, 0) is 47.9 Å². The fourth-order valence-corrected chi connectivity index (χ4v) is 3.94. The summed E-state index contributed by atoms with van der Waals surface area (Å²) in [7, 11) is 0. The van der Waals surface area contributed by atoms with Crippen molar-refractivity contribution in [3.8, 4) is 17.6 Å². The predicted octanol–water partition coefficient (Wildman–Crippen LogP) is 5.75. The number of hydrogen-bond donors (Lipinski definition) is 2. The van der Waals surface area contributed by atoms with E-state index in [1.54, 1.807) is 12.3 Å². The van der Waals surface area contributed by atoms with Gasteiger partial charge < -0.3 is 14.6 Å². The van der Waals surface area contributed by atoms with Crippen molar-refractivity contribution in [3.63, 3.8) is 0 Å². The van der Waals surface area contributed by atoms with Gasteiger partial charge in [-0.1, -0.05) is 56.5 Å². The summed E-state index contributed by atoms with van der Waals surface area (Å²) < 4.78 is 14.6. The average molecular weight is 513 g/mol. The molecule has 9 heteroatoms. The van der Waals surface area contributed by atoms with Gasteiger partial charge in [0.1, 0.15) is 25.0 Å². The second kappa shape index (κ2) is 12.1. The molecule has 0 saturated heterocycles. The van der Waals surface area contributed by atoms with Gasteiger partial charge in [0.05, 0.1) is 22.4 Å². The van der Waals surface area contributed by atoms with Crippen molar-refractivity contribution in [1.29, 1.82) is 5.26 Å². The first kappa shape index (κ1) is 26.6. The highest BCUT2D eigenvalue weighted by atomic mass is 35.5. The Labute approximate surface area is 215 Å². The quantitative estimate of drug-likeness (QED) is 0.313. The highest BCUT2D eigenvalue weighted by Crippen LogP contribution is 2.38. The smallest absolute Gasteiger partial charge is 0.233 e. The molecule has 0 radical (unpaired) electrons. The number of benzene rings is 2. The van der Waals surface area contributed by atoms with Crippen LogP contribution in [0.4, 0.5) is 5.95 Å². The van der Waals surface area contributed by atoms with Crippen LogP contribution in [-0.4, -0.2) is 34.0 Å². The van der Waals surface area contributed by atoms with E-state index in [-0.39, 0.29) is 6.61 Å². The number of ether oxygens (including phenoxy) is 2. The molecule has 7 nitrogen and oxygen atoms in total. The first-order valence-electron chi connectivity index (χ1n) is 11.2. The van der Waals surface area contributed by atoms with E-state index in [0.29, 0.717) is 35.3 Å². The minimum atomic E-state index is -0.613. The lowest BCUT2D eigenvalue weighted by atomic mass is 9.77. The summed E-state index contributed by atoms with van der Waals surface area (Å²) in [6.45, 7) is 6.40. The fraction of sp³-hybridized carbons (Fsp3) is 0.346. The lowest BCUT2D eigenvalue weighted by Gasteiger charge is -2.27. The van der Waals surface area contributed by atoms with Crippen molar-refractivity contribution in [3.05, 3.63) is 76.1 Å². The largest absolute Gasteiger partial charge is 0.488 e. The molecule has 2 aromatic carbocycles. The molecule has 35 heavy (non-hydrogen) atoms. The van der Waals surface area contributed by atoms with Crippen molar-refractivity contribution in [2.45, 2.75) is 45.3 Å². The number of nitrogens with one attached hydrogen (secondary N) is 1. The van der Waals surface area contributed by atoms with Crippen LogP contribution in [0.1, 0.15) is 49.6 Å². The maximum absolute atomic E-state index is 9.79. The third kappa shape index (κ3) is 6.79. The maximum Gasteiger partial charge on any atom is 0.233 e. The van der Waals surface area contributed by atoms with E-state index in [1.807, 2.05) is 49.6 Å². The topological polar surface area (TPSA) is 100 Å². The van der Waals surface area contributed by atoms with Gasteiger partial charge in [0, 0.05) is 17.9 Å². The van der Waals surface area contributed by atoms with Crippen LogP contribution in [0.15, 0.2) is 48.7 Å². The van der Waals surface area contributed by atoms with Gasteiger partial charge in [0.15, 0.2) is 5.75 Å². The molecule has 3 rings (SSSR count). The molecule has 1 unspecified atom stereocenters. The number of nitriles is 1. The van der Waals surface area contributed by atoms with E-state index in [2.05, 4.69) is 34.6 Å². The lowest BCUT2D eigenvalue weighted by Crippen LogP contribution is -2.20. The highest BCUT2D eigenvalue weighted by Gasteiger charge is 2.26. The van der Waals surface area contributed by atoms with Crippen molar-refractivity contribution >= 4 is 29.5 Å². The van der Waals surface area contributed by atoms with E-state index in [9.17, 15) is 10.4 Å². The Morgan fingerprint density at radius 2 is 1.91 bits per heavy atom. The molecule has 0 aliphatic rings. The second-order valence-corrected chi connectivity index (χ2v) is 9.46. The average Bonchev–Trinajstić information content (AvgIpc) is 2.86. The summed E-state index contributed by atoms with van der Waals surface area (Å²) in [5.41, 5.74) is 2.59. The van der Waals surface area contributed by atoms with Gasteiger partial charge >= 0.3 is 0 Å². The second-order valence-electron chi connectivity index (χ2n) is 8.44. The fourth-order valence-electron chi connectivity index (χ4n) is 3.39. The minimum absolute atomic E-state index is 0.0828. The van der Waals surface area contributed by atoms with E-state index >= 15 is 0 Å². The van der Waals surface area contributed by atoms with Gasteiger partial charge in [-0.3, -0.25) is 4.72 Å². The molecular weight excluding hydrogens is 484 g/mol. The Hall–Kier alpha value is -2.99. The van der Waals surface area contributed by atoms with Gasteiger partial charge in [0.2, 0.25) is 5.95 Å². The monoisotopic (exact) mass is 512 g/mol. The van der Waals surface area contributed by atoms with Crippen LogP contribution < -0.4 is 14.2 Å². The first-order chi connectivity index (χ1) is 16.8. The molecule has 0 amide bonds. The Balaban J connectivity index is 1.75. The molecule has 1 atom stereocenters. The normalized spacial score (nSPS) is 12.0. The summed E-state index contributed by atoms with van der Waals surface area (Å²) in [5, 5.41) is 19.8. The molecule has 184 valence electrons. The third-order valence-corrected chi connectivity index (χ3v) is 6.31. The van der Waals surface area contributed by atoms with Crippen molar-refractivity contribution < 1.29 is 14.6 Å². The minimum Gasteiger partial charge on any atom is -0.488 e. The highest BCUT2D eigenvalue weighted by molar-refractivity contribution is 7.99. The van der Waals surface area contributed by atoms with Gasteiger partial charge in [-0.25, -0.2) is 9.97 Å². The Morgan fingerprint density at radius 3 is 2.57 bits per heavy atom. The Morgan fingerprint density at radius 1 is 1.17 bits per heavy atom. The molecule has 0 aliphatic heterocycles. The Kier molecular flexibility index (Phi) is 9.21. The van der Waals surface area contributed by atoms with Gasteiger partial charge in [-0.15, -0.1) is 0 Å². The zero-order valence-corrected chi connectivity index (χ0v) is 21.8. The molecular formula is C26H29ClN4O3S. The molecule has 2 N–H and O–H groups in total. The number of rotatable bonds is 11. The van der Waals surface area contributed by atoms with Crippen LogP contribution in [0.2, 0.25) is 5.02 Å². The summed E-state index contributed by atoms with van der Waals surface area (Å²) in [4.78, 5) is 8.55. The molecule has 1 heterocycles. The van der Waals surface area contributed by atoms with E-state index in [1.165, 1.54) is 11.9 Å².